The fourth-order valence-electron chi connectivity index (χ4n) is 7.14. The molecule has 15 nitrogen and oxygen atoms in total. The summed E-state index contributed by atoms with van der Waals surface area (Å²) in [4.78, 5) is 106. The first kappa shape index (κ1) is 45.1. The molecule has 1 aromatic rings. The summed E-state index contributed by atoms with van der Waals surface area (Å²) in [7, 11) is 0. The lowest BCUT2D eigenvalue weighted by Gasteiger charge is -2.41. The summed E-state index contributed by atoms with van der Waals surface area (Å²) < 4.78 is 41.1. The van der Waals surface area contributed by atoms with Crippen molar-refractivity contribution in [3.05, 3.63) is 59.7 Å². The Balaban J connectivity index is 2.60. The van der Waals surface area contributed by atoms with Crippen LogP contribution in [-0.2, 0) is 66.7 Å². The quantitative estimate of drug-likeness (QED) is 0.181. The molecule has 1 saturated carbocycles. The largest absolute Gasteiger partial charge is 0.461 e. The number of rotatable bonds is 10. The number of carbonyl (C=O) groups is 8. The second-order valence-electron chi connectivity index (χ2n) is 15.3. The van der Waals surface area contributed by atoms with E-state index >= 15 is 0 Å². The minimum absolute atomic E-state index is 0.140. The van der Waals surface area contributed by atoms with Gasteiger partial charge in [0.05, 0.1) is 17.4 Å². The SMILES string of the molecule is CC(=O)OCC1=C[C@@H]2[C@H](OC(C)=O)[C@@](C)(OC(C)=O)C[C@@]2(OC(C)=O)C(=O)[C@@H](C)C=CC(C)(C)[C@@H](OC(=O)c2ccccc2)[C@@H](OC(C)=O)[C@@H]1OC(=O)C(C)C. The van der Waals surface area contributed by atoms with Gasteiger partial charge in [0.1, 0.15) is 6.61 Å². The third-order valence-corrected chi connectivity index (χ3v) is 9.51. The Morgan fingerprint density at radius 3 is 1.86 bits per heavy atom. The summed E-state index contributed by atoms with van der Waals surface area (Å²) in [5, 5.41) is 0. The molecule has 0 amide bonds. The number of benzene rings is 1. The molecule has 0 spiro atoms. The molecule has 15 heteroatoms. The molecule has 0 N–H and O–H groups in total. The molecule has 0 bridgehead atoms. The summed E-state index contributed by atoms with van der Waals surface area (Å²) in [6, 6.07) is 7.95. The Hall–Kier alpha value is -5.34. The van der Waals surface area contributed by atoms with E-state index in [0.717, 1.165) is 34.6 Å². The van der Waals surface area contributed by atoms with E-state index in [1.165, 1.54) is 52.0 Å². The van der Waals surface area contributed by atoms with E-state index in [-0.39, 0.29) is 11.1 Å². The van der Waals surface area contributed by atoms with Crippen LogP contribution in [0, 0.1) is 23.2 Å². The van der Waals surface area contributed by atoms with Crippen molar-refractivity contribution in [3.63, 3.8) is 0 Å². The van der Waals surface area contributed by atoms with Crippen molar-refractivity contribution in [2.45, 2.75) is 118 Å². The van der Waals surface area contributed by atoms with E-state index in [0.29, 0.717) is 0 Å². The molecule has 3 rings (SSSR count). The molecule has 1 fully saturated rings. The average Bonchev–Trinajstić information content (AvgIpc) is 3.29. The van der Waals surface area contributed by atoms with Gasteiger partial charge in [0.2, 0.25) is 0 Å². The third kappa shape index (κ3) is 10.7. The monoisotopic (exact) mass is 784 g/mol. The highest BCUT2D eigenvalue weighted by Crippen LogP contribution is 2.52. The summed E-state index contributed by atoms with van der Waals surface area (Å²) >= 11 is 0. The molecule has 0 aliphatic heterocycles. The summed E-state index contributed by atoms with van der Waals surface area (Å²) in [5.74, 6) is -9.99. The van der Waals surface area contributed by atoms with Gasteiger partial charge in [-0.1, -0.05) is 71.0 Å². The van der Waals surface area contributed by atoms with E-state index < -0.39 is 119 Å². The molecule has 2 aliphatic rings. The van der Waals surface area contributed by atoms with Gasteiger partial charge in [-0.15, -0.1) is 0 Å². The highest BCUT2D eigenvalue weighted by Gasteiger charge is 2.68. The van der Waals surface area contributed by atoms with E-state index in [9.17, 15) is 38.4 Å². The highest BCUT2D eigenvalue weighted by molar-refractivity contribution is 5.94. The molecule has 2 aliphatic carbocycles. The molecule has 306 valence electrons. The van der Waals surface area contributed by atoms with Crippen molar-refractivity contribution in [3.8, 4) is 0 Å². The van der Waals surface area contributed by atoms with Crippen LogP contribution in [0.15, 0.2) is 54.1 Å². The van der Waals surface area contributed by atoms with Crippen LogP contribution in [0.3, 0.4) is 0 Å². The molecule has 0 heterocycles. The summed E-state index contributed by atoms with van der Waals surface area (Å²) in [6.45, 7) is 14.1. The van der Waals surface area contributed by atoms with Crippen LogP contribution in [0.25, 0.3) is 0 Å². The summed E-state index contributed by atoms with van der Waals surface area (Å²) in [6.07, 6.45) is -2.62. The average molecular weight is 785 g/mol. The van der Waals surface area contributed by atoms with Crippen LogP contribution in [0.4, 0.5) is 0 Å². The van der Waals surface area contributed by atoms with Gasteiger partial charge in [0, 0.05) is 57.9 Å². The van der Waals surface area contributed by atoms with Crippen LogP contribution < -0.4 is 0 Å². The zero-order valence-corrected chi connectivity index (χ0v) is 33.7. The van der Waals surface area contributed by atoms with Gasteiger partial charge in [0.15, 0.2) is 41.4 Å². The molecule has 1 aromatic carbocycles. The topological polar surface area (TPSA) is 201 Å². The standard InChI is InChI=1S/C41H52O15/c1-22(2)37(48)53-32-30(20-50-24(4)42)19-31-35(52-26(6)44)40(11,55-27(7)45)21-41(31,56-28(8)46)34(47)23(3)17-18-39(9,10)36(33(32)51-25(5)43)54-38(49)29-15-13-12-14-16-29/h12-19,22-23,31-33,35-36H,20-21H2,1-11H3/t23-,31+,32+,33-,35-,36-,40-,41-/m0/s1. The van der Waals surface area contributed by atoms with Gasteiger partial charge in [-0.3, -0.25) is 33.6 Å². The van der Waals surface area contributed by atoms with Crippen LogP contribution in [0.2, 0.25) is 0 Å². The maximum Gasteiger partial charge on any atom is 0.338 e. The number of hydrogen-bond acceptors (Lipinski definition) is 15. The lowest BCUT2D eigenvalue weighted by atomic mass is 9.75. The first-order chi connectivity index (χ1) is 25.9. The van der Waals surface area contributed by atoms with Crippen molar-refractivity contribution >= 4 is 47.6 Å². The second kappa shape index (κ2) is 18.1. The highest BCUT2D eigenvalue weighted by atomic mass is 16.6. The lowest BCUT2D eigenvalue weighted by molar-refractivity contribution is -0.181. The Kier molecular flexibility index (Phi) is 14.5. The fourth-order valence-corrected chi connectivity index (χ4v) is 7.14. The maximum absolute atomic E-state index is 14.9. The predicted octanol–water partition coefficient (Wildman–Crippen LogP) is 4.58. The molecule has 0 radical (unpaired) electrons. The zero-order valence-electron chi connectivity index (χ0n) is 33.7. The molecule has 0 aromatic heterocycles. The minimum atomic E-state index is -2.23. The van der Waals surface area contributed by atoms with Gasteiger partial charge in [0.25, 0.3) is 0 Å². The van der Waals surface area contributed by atoms with Crippen LogP contribution in [0.5, 0.6) is 0 Å². The predicted molar refractivity (Wildman–Crippen MR) is 196 cm³/mol. The normalized spacial score (nSPS) is 28.6. The number of esters is 7. The van der Waals surface area contributed by atoms with Gasteiger partial charge in [-0.05, 0) is 19.1 Å². The van der Waals surface area contributed by atoms with Crippen molar-refractivity contribution in [2.24, 2.45) is 23.2 Å². The van der Waals surface area contributed by atoms with Gasteiger partial charge < -0.3 is 33.2 Å². The molecule has 0 unspecified atom stereocenters. The first-order valence-corrected chi connectivity index (χ1v) is 18.2. The van der Waals surface area contributed by atoms with E-state index in [1.807, 2.05) is 0 Å². The second-order valence-corrected chi connectivity index (χ2v) is 15.3. The maximum atomic E-state index is 14.9. The Labute approximate surface area is 326 Å². The minimum Gasteiger partial charge on any atom is -0.461 e. The van der Waals surface area contributed by atoms with Crippen molar-refractivity contribution < 1.29 is 71.5 Å². The molecular formula is C41H52O15. The Bertz CT molecular complexity index is 1760. The van der Waals surface area contributed by atoms with Crippen LogP contribution in [-0.4, -0.2) is 89.8 Å². The number of ether oxygens (including phenoxy) is 7. The number of hydrogen-bond donors (Lipinski definition) is 0. The molecule has 8 atom stereocenters. The van der Waals surface area contributed by atoms with E-state index in [4.69, 9.17) is 33.2 Å². The number of Topliss-reactive ketones (excluding diaryl/α,β-unsaturated/α-hetero) is 1. The van der Waals surface area contributed by atoms with Crippen molar-refractivity contribution in [1.29, 1.82) is 0 Å². The van der Waals surface area contributed by atoms with Crippen molar-refractivity contribution in [2.75, 3.05) is 6.61 Å². The lowest BCUT2D eigenvalue weighted by Crippen LogP contribution is -2.54. The molecule has 0 saturated heterocycles. The van der Waals surface area contributed by atoms with E-state index in [1.54, 1.807) is 38.1 Å². The Morgan fingerprint density at radius 2 is 1.34 bits per heavy atom. The number of allylic oxidation sites excluding steroid dienone is 1. The number of carbonyl (C=O) groups excluding carboxylic acids is 8. The first-order valence-electron chi connectivity index (χ1n) is 18.2. The van der Waals surface area contributed by atoms with E-state index in [2.05, 4.69) is 0 Å². The number of fused-ring (bicyclic) bond motifs is 1. The van der Waals surface area contributed by atoms with Crippen molar-refractivity contribution in [1.82, 2.24) is 0 Å². The van der Waals surface area contributed by atoms with Gasteiger partial charge >= 0.3 is 41.8 Å². The fraction of sp³-hybridized carbons (Fsp3) is 0.561. The number of ketones is 1. The molecule has 56 heavy (non-hydrogen) atoms. The third-order valence-electron chi connectivity index (χ3n) is 9.51. The Morgan fingerprint density at radius 1 is 0.750 bits per heavy atom. The van der Waals surface area contributed by atoms with Crippen LogP contribution in [0.1, 0.15) is 92.9 Å². The zero-order chi connectivity index (χ0) is 42.3. The molecular weight excluding hydrogens is 732 g/mol. The van der Waals surface area contributed by atoms with Crippen LogP contribution >= 0.6 is 0 Å². The smallest absolute Gasteiger partial charge is 0.338 e. The van der Waals surface area contributed by atoms with Gasteiger partial charge in [-0.25, -0.2) is 4.79 Å². The van der Waals surface area contributed by atoms with Gasteiger partial charge in [-0.2, -0.15) is 0 Å². The summed E-state index contributed by atoms with van der Waals surface area (Å²) in [5.41, 5.74) is -5.38.